The van der Waals surface area contributed by atoms with Crippen molar-refractivity contribution in [3.8, 4) is 0 Å². The number of guanidine groups is 1. The Morgan fingerprint density at radius 2 is 1.83 bits per heavy atom. The summed E-state index contributed by atoms with van der Waals surface area (Å²) in [5.74, 6) is 1.17. The van der Waals surface area contributed by atoms with Gasteiger partial charge >= 0.3 is 0 Å². The van der Waals surface area contributed by atoms with Crippen LogP contribution in [0.15, 0.2) is 29.3 Å². The first-order valence-corrected chi connectivity index (χ1v) is 8.40. The van der Waals surface area contributed by atoms with Crippen LogP contribution in [0, 0.1) is 5.92 Å². The summed E-state index contributed by atoms with van der Waals surface area (Å²) in [5, 5.41) is 10.0. The van der Waals surface area contributed by atoms with E-state index >= 15 is 0 Å². The summed E-state index contributed by atoms with van der Waals surface area (Å²) < 4.78 is 0. The molecule has 0 aliphatic carbocycles. The molecule has 5 nitrogen and oxygen atoms in total. The summed E-state index contributed by atoms with van der Waals surface area (Å²) in [7, 11) is 0. The average molecular weight is 339 g/mol. The van der Waals surface area contributed by atoms with Crippen molar-refractivity contribution in [3.63, 3.8) is 0 Å². The topological polar surface area (TPSA) is 65.5 Å². The molecule has 1 atom stereocenters. The molecule has 0 aromatic heterocycles. The van der Waals surface area contributed by atoms with Crippen molar-refractivity contribution in [2.75, 3.05) is 19.6 Å². The van der Waals surface area contributed by atoms with Gasteiger partial charge in [-0.3, -0.25) is 9.79 Å². The van der Waals surface area contributed by atoms with Crippen LogP contribution in [0.3, 0.4) is 0 Å². The second-order valence-electron chi connectivity index (χ2n) is 5.70. The highest BCUT2D eigenvalue weighted by atomic mass is 35.5. The Kier molecular flexibility index (Phi) is 8.48. The first kappa shape index (κ1) is 19.3. The highest BCUT2D eigenvalue weighted by molar-refractivity contribution is 6.30. The van der Waals surface area contributed by atoms with Crippen LogP contribution in [-0.2, 0) is 0 Å². The monoisotopic (exact) mass is 338 g/mol. The molecule has 0 bridgehead atoms. The number of amides is 1. The fourth-order valence-electron chi connectivity index (χ4n) is 1.74. The van der Waals surface area contributed by atoms with Gasteiger partial charge in [0.2, 0.25) is 0 Å². The molecule has 128 valence electrons. The van der Waals surface area contributed by atoms with E-state index in [0.717, 1.165) is 12.5 Å². The van der Waals surface area contributed by atoms with Crippen LogP contribution < -0.4 is 16.0 Å². The zero-order chi connectivity index (χ0) is 17.2. The third-order valence-electron chi connectivity index (χ3n) is 3.48. The number of benzene rings is 1. The van der Waals surface area contributed by atoms with Crippen molar-refractivity contribution >= 4 is 23.5 Å². The van der Waals surface area contributed by atoms with Crippen LogP contribution in [0.1, 0.15) is 38.1 Å². The average Bonchev–Trinajstić information content (AvgIpc) is 2.51. The molecular formula is C17H27ClN4O. The van der Waals surface area contributed by atoms with Gasteiger partial charge in [-0.25, -0.2) is 0 Å². The number of rotatable bonds is 7. The Hall–Kier alpha value is -1.75. The predicted octanol–water partition coefficient (Wildman–Crippen LogP) is 2.67. The van der Waals surface area contributed by atoms with Crippen molar-refractivity contribution in [1.29, 1.82) is 0 Å². The molecule has 0 saturated carbocycles. The normalized spacial score (nSPS) is 12.9. The molecule has 0 heterocycles. The number of nitrogens with zero attached hydrogens (tertiary/aromatic N) is 1. The maximum absolute atomic E-state index is 12.0. The van der Waals surface area contributed by atoms with Crippen molar-refractivity contribution in [2.24, 2.45) is 10.9 Å². The van der Waals surface area contributed by atoms with Crippen molar-refractivity contribution < 1.29 is 4.79 Å². The van der Waals surface area contributed by atoms with Gasteiger partial charge in [-0.1, -0.05) is 25.4 Å². The van der Waals surface area contributed by atoms with Crippen LogP contribution in [0.2, 0.25) is 5.02 Å². The molecule has 0 saturated heterocycles. The minimum atomic E-state index is -0.120. The van der Waals surface area contributed by atoms with Crippen LogP contribution >= 0.6 is 11.6 Å². The highest BCUT2D eigenvalue weighted by Gasteiger charge is 2.08. The van der Waals surface area contributed by atoms with E-state index in [2.05, 4.69) is 41.7 Å². The lowest BCUT2D eigenvalue weighted by atomic mass is 10.1. The molecule has 6 heteroatoms. The number of aliphatic imine (C=N–C) groups is 1. The molecular weight excluding hydrogens is 312 g/mol. The van der Waals surface area contributed by atoms with Gasteiger partial charge in [0.05, 0.1) is 6.54 Å². The highest BCUT2D eigenvalue weighted by Crippen LogP contribution is 2.09. The first-order chi connectivity index (χ1) is 10.9. The molecule has 1 rings (SSSR count). The summed E-state index contributed by atoms with van der Waals surface area (Å²) in [5.41, 5.74) is 0.594. The number of carbonyl (C=O) groups is 1. The third kappa shape index (κ3) is 7.37. The quantitative estimate of drug-likeness (QED) is 0.407. The van der Waals surface area contributed by atoms with Crippen LogP contribution in [0.4, 0.5) is 0 Å². The number of nitrogens with one attached hydrogen (secondary N) is 3. The molecule has 3 N–H and O–H groups in total. The minimum absolute atomic E-state index is 0.120. The summed E-state index contributed by atoms with van der Waals surface area (Å²) >= 11 is 5.81. The fourth-order valence-corrected chi connectivity index (χ4v) is 1.87. The lowest BCUT2D eigenvalue weighted by Crippen LogP contribution is -2.44. The number of hydrogen-bond donors (Lipinski definition) is 3. The molecule has 0 fully saturated rings. The molecule has 1 amide bonds. The van der Waals surface area contributed by atoms with Gasteiger partial charge in [0.15, 0.2) is 5.96 Å². The first-order valence-electron chi connectivity index (χ1n) is 8.02. The maximum Gasteiger partial charge on any atom is 0.251 e. The zero-order valence-corrected chi connectivity index (χ0v) is 15.1. The number of carbonyl (C=O) groups excluding carboxylic acids is 1. The molecule has 0 spiro atoms. The van der Waals surface area contributed by atoms with Gasteiger partial charge in [0.1, 0.15) is 0 Å². The van der Waals surface area contributed by atoms with Gasteiger partial charge in [0, 0.05) is 29.7 Å². The maximum atomic E-state index is 12.0. The number of halogens is 1. The molecule has 1 aromatic rings. The predicted molar refractivity (Wildman–Crippen MR) is 97.2 cm³/mol. The summed E-state index contributed by atoms with van der Waals surface area (Å²) in [6, 6.07) is 7.15. The Bertz CT molecular complexity index is 514. The van der Waals surface area contributed by atoms with Gasteiger partial charge < -0.3 is 16.0 Å². The second-order valence-corrected chi connectivity index (χ2v) is 6.14. The van der Waals surface area contributed by atoms with E-state index in [9.17, 15) is 4.79 Å². The van der Waals surface area contributed by atoms with Crippen LogP contribution in [-0.4, -0.2) is 37.5 Å². The van der Waals surface area contributed by atoms with E-state index in [0.29, 0.717) is 35.6 Å². The van der Waals surface area contributed by atoms with Gasteiger partial charge in [-0.05, 0) is 44.0 Å². The molecule has 0 aliphatic rings. The van der Waals surface area contributed by atoms with Gasteiger partial charge in [0.25, 0.3) is 5.91 Å². The fraction of sp³-hybridized carbons (Fsp3) is 0.529. The molecule has 0 radical (unpaired) electrons. The third-order valence-corrected chi connectivity index (χ3v) is 3.73. The summed E-state index contributed by atoms with van der Waals surface area (Å²) in [6.45, 7) is 10.3. The largest absolute Gasteiger partial charge is 0.357 e. The Balaban J connectivity index is 2.45. The van der Waals surface area contributed by atoms with E-state index in [4.69, 9.17) is 11.6 Å². The van der Waals surface area contributed by atoms with Crippen molar-refractivity contribution in [2.45, 2.75) is 33.7 Å². The number of hydrogen-bond acceptors (Lipinski definition) is 2. The smallest absolute Gasteiger partial charge is 0.251 e. The lowest BCUT2D eigenvalue weighted by Gasteiger charge is -2.20. The molecule has 1 unspecified atom stereocenters. The summed E-state index contributed by atoms with van der Waals surface area (Å²) in [4.78, 5) is 16.4. The second kappa shape index (κ2) is 10.1. The van der Waals surface area contributed by atoms with E-state index in [1.807, 2.05) is 6.92 Å². The molecule has 1 aromatic carbocycles. The SMILES string of the molecule is CCNC(=NCCNC(=O)c1ccc(Cl)cc1)NC(C)C(C)C. The Morgan fingerprint density at radius 3 is 2.39 bits per heavy atom. The van der Waals surface area contributed by atoms with E-state index in [1.165, 1.54) is 0 Å². The van der Waals surface area contributed by atoms with E-state index in [1.54, 1.807) is 24.3 Å². The lowest BCUT2D eigenvalue weighted by molar-refractivity contribution is 0.0955. The zero-order valence-electron chi connectivity index (χ0n) is 14.3. The van der Waals surface area contributed by atoms with E-state index in [-0.39, 0.29) is 5.91 Å². The molecule has 0 aliphatic heterocycles. The van der Waals surface area contributed by atoms with Crippen LogP contribution in [0.25, 0.3) is 0 Å². The van der Waals surface area contributed by atoms with Gasteiger partial charge in [-0.15, -0.1) is 0 Å². The summed E-state index contributed by atoms with van der Waals surface area (Å²) in [6.07, 6.45) is 0. The standard InChI is InChI=1S/C17H27ClN4O/c1-5-19-17(22-13(4)12(2)3)21-11-10-20-16(23)14-6-8-15(18)9-7-14/h6-9,12-13H,5,10-11H2,1-4H3,(H,20,23)(H2,19,21,22). The Morgan fingerprint density at radius 1 is 1.17 bits per heavy atom. The minimum Gasteiger partial charge on any atom is -0.357 e. The molecule has 23 heavy (non-hydrogen) atoms. The van der Waals surface area contributed by atoms with Gasteiger partial charge in [-0.2, -0.15) is 0 Å². The van der Waals surface area contributed by atoms with Crippen molar-refractivity contribution in [3.05, 3.63) is 34.9 Å². The van der Waals surface area contributed by atoms with Crippen molar-refractivity contribution in [1.82, 2.24) is 16.0 Å². The van der Waals surface area contributed by atoms with Crippen LogP contribution in [0.5, 0.6) is 0 Å². The Labute approximate surface area is 143 Å². The van der Waals surface area contributed by atoms with E-state index < -0.39 is 0 Å².